The maximum Gasteiger partial charge on any atom is 0.225 e. The van der Waals surface area contributed by atoms with Crippen LogP contribution in [0.2, 0.25) is 5.28 Å². The summed E-state index contributed by atoms with van der Waals surface area (Å²) in [6.07, 6.45) is 1.12. The largest absolute Gasteiger partial charge is 0.368 e. The van der Waals surface area contributed by atoms with E-state index in [2.05, 4.69) is 20.0 Å². The highest BCUT2D eigenvalue weighted by Gasteiger charge is 2.09. The molecule has 6 nitrogen and oxygen atoms in total. The van der Waals surface area contributed by atoms with E-state index in [-0.39, 0.29) is 11.8 Å². The number of hydrogen-bond acceptors (Lipinski definition) is 6. The fourth-order valence-electron chi connectivity index (χ4n) is 1.57. The van der Waals surface area contributed by atoms with E-state index < -0.39 is 10.0 Å². The molecule has 0 unspecified atom stereocenters. The molecule has 0 fully saturated rings. The maximum atomic E-state index is 10.9. The molecule has 0 aliphatic rings. The average molecular weight is 321 g/mol. The third kappa shape index (κ3) is 4.00. The van der Waals surface area contributed by atoms with Gasteiger partial charge in [0.15, 0.2) is 0 Å². The molecule has 9 heteroatoms. The molecule has 0 aliphatic heterocycles. The van der Waals surface area contributed by atoms with Crippen molar-refractivity contribution in [2.75, 3.05) is 24.7 Å². The van der Waals surface area contributed by atoms with Gasteiger partial charge in [-0.3, -0.25) is 0 Å². The Hall–Kier alpha value is -0.960. The van der Waals surface area contributed by atoms with Crippen LogP contribution in [0.3, 0.4) is 0 Å². The molecule has 0 atom stereocenters. The minimum Gasteiger partial charge on any atom is -0.368 e. The topological polar surface area (TPSA) is 84.0 Å². The van der Waals surface area contributed by atoms with E-state index in [0.717, 1.165) is 21.3 Å². The average Bonchev–Trinajstić information content (AvgIpc) is 2.63. The number of rotatable bonds is 5. The summed E-state index contributed by atoms with van der Waals surface area (Å²) in [6, 6.07) is 1.97. The van der Waals surface area contributed by atoms with Crippen molar-refractivity contribution < 1.29 is 8.42 Å². The number of anilines is 1. The van der Waals surface area contributed by atoms with Crippen molar-refractivity contribution in [3.63, 3.8) is 0 Å². The van der Waals surface area contributed by atoms with Crippen LogP contribution in [0.5, 0.6) is 0 Å². The predicted octanol–water partition coefficient (Wildman–Crippen LogP) is 1.61. The van der Waals surface area contributed by atoms with E-state index in [1.165, 1.54) is 11.3 Å². The first-order chi connectivity index (χ1) is 8.85. The van der Waals surface area contributed by atoms with Crippen LogP contribution >= 0.6 is 22.9 Å². The van der Waals surface area contributed by atoms with Gasteiger partial charge in [0.2, 0.25) is 15.3 Å². The lowest BCUT2D eigenvalue weighted by Gasteiger charge is -2.07. The second-order valence-corrected chi connectivity index (χ2v) is 7.42. The van der Waals surface area contributed by atoms with Crippen molar-refractivity contribution >= 4 is 49.0 Å². The first-order valence-corrected chi connectivity index (χ1v) is 8.56. The highest BCUT2D eigenvalue weighted by atomic mass is 35.5. The highest BCUT2D eigenvalue weighted by Crippen LogP contribution is 2.29. The molecule has 104 valence electrons. The summed E-state index contributed by atoms with van der Waals surface area (Å²) in [6.45, 7) is 2.69. The number of aromatic nitrogens is 2. The molecule has 2 rings (SSSR count). The molecule has 0 bridgehead atoms. The lowest BCUT2D eigenvalue weighted by atomic mass is 10.3. The number of halogens is 1. The number of fused-ring (bicyclic) bond motifs is 1. The maximum absolute atomic E-state index is 10.9. The lowest BCUT2D eigenvalue weighted by Crippen LogP contribution is -2.27. The van der Waals surface area contributed by atoms with Gasteiger partial charge >= 0.3 is 0 Å². The number of nitrogens with one attached hydrogen (secondary N) is 2. The number of aryl methyl sites for hydroxylation is 1. The Kier molecular flexibility index (Phi) is 4.24. The zero-order valence-electron chi connectivity index (χ0n) is 10.4. The quantitative estimate of drug-likeness (QED) is 0.646. The summed E-state index contributed by atoms with van der Waals surface area (Å²) >= 11 is 7.39. The molecule has 2 aromatic rings. The number of nitrogens with zero attached hydrogens (tertiary/aromatic N) is 2. The van der Waals surface area contributed by atoms with Crippen molar-refractivity contribution in [1.82, 2.24) is 14.7 Å². The van der Waals surface area contributed by atoms with Crippen molar-refractivity contribution in [2.45, 2.75) is 6.92 Å². The molecule has 2 aromatic heterocycles. The van der Waals surface area contributed by atoms with E-state index in [0.29, 0.717) is 12.4 Å². The van der Waals surface area contributed by atoms with Crippen molar-refractivity contribution in [1.29, 1.82) is 0 Å². The molecule has 0 aliphatic carbocycles. The van der Waals surface area contributed by atoms with Crippen molar-refractivity contribution in [3.8, 4) is 0 Å². The number of thiophene rings is 1. The predicted molar refractivity (Wildman–Crippen MR) is 78.5 cm³/mol. The zero-order chi connectivity index (χ0) is 14.0. The fraction of sp³-hybridized carbons (Fsp3) is 0.400. The van der Waals surface area contributed by atoms with Crippen molar-refractivity contribution in [2.24, 2.45) is 0 Å². The van der Waals surface area contributed by atoms with Crippen LogP contribution in [0, 0.1) is 6.92 Å². The smallest absolute Gasteiger partial charge is 0.225 e. The van der Waals surface area contributed by atoms with Gasteiger partial charge in [-0.1, -0.05) is 0 Å². The Bertz CT molecular complexity index is 699. The third-order valence-corrected chi connectivity index (χ3v) is 4.11. The molecule has 0 aromatic carbocycles. The zero-order valence-corrected chi connectivity index (χ0v) is 12.8. The minimum absolute atomic E-state index is 0.174. The van der Waals surface area contributed by atoms with Gasteiger partial charge < -0.3 is 5.32 Å². The van der Waals surface area contributed by atoms with Crippen LogP contribution in [0.25, 0.3) is 10.2 Å². The van der Waals surface area contributed by atoms with Crippen LogP contribution in [-0.4, -0.2) is 37.7 Å². The lowest BCUT2D eigenvalue weighted by molar-refractivity contribution is 0.589. The van der Waals surface area contributed by atoms with Gasteiger partial charge in [-0.25, -0.2) is 23.1 Å². The first-order valence-electron chi connectivity index (χ1n) is 5.47. The van der Waals surface area contributed by atoms with Gasteiger partial charge in [0.05, 0.1) is 11.6 Å². The SMILES string of the molecule is Cc1cc2c(NCCNS(C)(=O)=O)nc(Cl)nc2s1. The Morgan fingerprint density at radius 1 is 1.37 bits per heavy atom. The minimum atomic E-state index is -3.17. The number of hydrogen-bond donors (Lipinski definition) is 2. The molecule has 0 radical (unpaired) electrons. The molecular formula is C10H13ClN4O2S2. The standard InChI is InChI=1S/C10H13ClN4O2S2/c1-6-5-7-8(12-3-4-13-19(2,16)17)14-10(11)15-9(7)18-6/h5,13H,3-4H2,1-2H3,(H,12,14,15). The Morgan fingerprint density at radius 2 is 2.11 bits per heavy atom. The Balaban J connectivity index is 2.11. The molecule has 0 amide bonds. The van der Waals surface area contributed by atoms with Gasteiger partial charge in [0.1, 0.15) is 10.6 Å². The van der Waals surface area contributed by atoms with Gasteiger partial charge in [0, 0.05) is 18.0 Å². The van der Waals surface area contributed by atoms with E-state index >= 15 is 0 Å². The van der Waals surface area contributed by atoms with Gasteiger partial charge in [-0.2, -0.15) is 0 Å². The third-order valence-electron chi connectivity index (χ3n) is 2.27. The molecule has 0 saturated heterocycles. The number of sulfonamides is 1. The summed E-state index contributed by atoms with van der Waals surface area (Å²) in [5, 5.41) is 4.13. The molecule has 2 N–H and O–H groups in total. The molecule has 0 spiro atoms. The second kappa shape index (κ2) is 5.58. The van der Waals surface area contributed by atoms with E-state index in [1.807, 2.05) is 13.0 Å². The fourth-order valence-corrected chi connectivity index (χ4v) is 3.14. The van der Waals surface area contributed by atoms with Crippen LogP contribution in [0.1, 0.15) is 4.88 Å². The van der Waals surface area contributed by atoms with Gasteiger partial charge in [0.25, 0.3) is 0 Å². The molecule has 19 heavy (non-hydrogen) atoms. The van der Waals surface area contributed by atoms with Crippen molar-refractivity contribution in [3.05, 3.63) is 16.2 Å². The van der Waals surface area contributed by atoms with Gasteiger partial charge in [-0.05, 0) is 24.6 Å². The monoisotopic (exact) mass is 320 g/mol. The van der Waals surface area contributed by atoms with Crippen LogP contribution < -0.4 is 10.0 Å². The summed E-state index contributed by atoms with van der Waals surface area (Å²) in [5.41, 5.74) is 0. The van der Waals surface area contributed by atoms with Gasteiger partial charge in [-0.15, -0.1) is 11.3 Å². The van der Waals surface area contributed by atoms with E-state index in [4.69, 9.17) is 11.6 Å². The summed E-state index contributed by atoms with van der Waals surface area (Å²) in [7, 11) is -3.17. The summed E-state index contributed by atoms with van der Waals surface area (Å²) in [4.78, 5) is 10.2. The summed E-state index contributed by atoms with van der Waals surface area (Å²) in [5.74, 6) is 0.620. The van der Waals surface area contributed by atoms with E-state index in [9.17, 15) is 8.42 Å². The highest BCUT2D eigenvalue weighted by molar-refractivity contribution is 7.88. The van der Waals surface area contributed by atoms with Crippen LogP contribution in [-0.2, 0) is 10.0 Å². The molecule has 2 heterocycles. The first kappa shape index (κ1) is 14.4. The van der Waals surface area contributed by atoms with Crippen LogP contribution in [0.4, 0.5) is 5.82 Å². The Labute approximate surface area is 120 Å². The Morgan fingerprint density at radius 3 is 2.79 bits per heavy atom. The molecule has 0 saturated carbocycles. The van der Waals surface area contributed by atoms with Crippen LogP contribution in [0.15, 0.2) is 6.07 Å². The normalized spacial score (nSPS) is 11.9. The molecular weight excluding hydrogens is 308 g/mol. The second-order valence-electron chi connectivity index (χ2n) is 4.01. The summed E-state index contributed by atoms with van der Waals surface area (Å²) < 4.78 is 24.3. The van der Waals surface area contributed by atoms with E-state index in [1.54, 1.807) is 0 Å².